The molecule has 5 heteroatoms. The number of ether oxygens (including phenoxy) is 1. The number of nitrogens with zero attached hydrogens (tertiary/aromatic N) is 2. The summed E-state index contributed by atoms with van der Waals surface area (Å²) < 4.78 is 6.78. The van der Waals surface area contributed by atoms with Gasteiger partial charge in [-0.1, -0.05) is 18.5 Å². The second-order valence-corrected chi connectivity index (χ2v) is 3.73. The van der Waals surface area contributed by atoms with E-state index in [0.29, 0.717) is 6.61 Å². The molecular formula is C10H18ClN3O. The van der Waals surface area contributed by atoms with Crippen molar-refractivity contribution in [3.63, 3.8) is 0 Å². The van der Waals surface area contributed by atoms with Crippen LogP contribution < -0.4 is 5.32 Å². The van der Waals surface area contributed by atoms with Gasteiger partial charge in [-0.2, -0.15) is 5.10 Å². The maximum Gasteiger partial charge on any atom is 0.0863 e. The van der Waals surface area contributed by atoms with Crippen LogP contribution in [0.1, 0.15) is 18.3 Å². The molecule has 0 aliphatic rings. The minimum atomic E-state index is 0.704. The molecule has 0 atom stereocenters. The standard InChI is InChI=1S/C10H18ClN3O/c1-4-8-10(11)9(14(2)13-8)7-12-5-6-15-3/h12H,4-7H2,1-3H3. The molecular weight excluding hydrogens is 214 g/mol. The summed E-state index contributed by atoms with van der Waals surface area (Å²) in [5, 5.41) is 8.37. The summed E-state index contributed by atoms with van der Waals surface area (Å²) in [5.41, 5.74) is 1.99. The van der Waals surface area contributed by atoms with E-state index in [1.807, 2.05) is 11.7 Å². The first-order chi connectivity index (χ1) is 7.20. The zero-order valence-electron chi connectivity index (χ0n) is 9.51. The molecule has 0 unspecified atom stereocenters. The minimum absolute atomic E-state index is 0.704. The number of rotatable bonds is 6. The largest absolute Gasteiger partial charge is 0.383 e. The Labute approximate surface area is 95.6 Å². The molecule has 0 bridgehead atoms. The van der Waals surface area contributed by atoms with Crippen molar-refractivity contribution in [3.05, 3.63) is 16.4 Å². The molecule has 4 nitrogen and oxygen atoms in total. The highest BCUT2D eigenvalue weighted by Crippen LogP contribution is 2.20. The van der Waals surface area contributed by atoms with Gasteiger partial charge in [0.05, 0.1) is 23.0 Å². The van der Waals surface area contributed by atoms with Crippen LogP contribution in [-0.2, 0) is 24.8 Å². The van der Waals surface area contributed by atoms with Crippen LogP contribution in [0.4, 0.5) is 0 Å². The molecule has 0 aromatic carbocycles. The third-order valence-electron chi connectivity index (χ3n) is 2.28. The summed E-state index contributed by atoms with van der Waals surface area (Å²) in [4.78, 5) is 0. The van der Waals surface area contributed by atoms with Gasteiger partial charge < -0.3 is 10.1 Å². The fourth-order valence-corrected chi connectivity index (χ4v) is 1.75. The monoisotopic (exact) mass is 231 g/mol. The van der Waals surface area contributed by atoms with E-state index in [2.05, 4.69) is 17.3 Å². The van der Waals surface area contributed by atoms with Gasteiger partial charge in [0.15, 0.2) is 0 Å². The Morgan fingerprint density at radius 3 is 2.80 bits per heavy atom. The van der Waals surface area contributed by atoms with E-state index >= 15 is 0 Å². The van der Waals surface area contributed by atoms with Gasteiger partial charge in [-0.3, -0.25) is 4.68 Å². The van der Waals surface area contributed by atoms with Crippen LogP contribution in [0.2, 0.25) is 5.02 Å². The van der Waals surface area contributed by atoms with Crippen LogP contribution in [0.15, 0.2) is 0 Å². The van der Waals surface area contributed by atoms with Crippen molar-refractivity contribution in [1.82, 2.24) is 15.1 Å². The van der Waals surface area contributed by atoms with Crippen LogP contribution in [0.5, 0.6) is 0 Å². The Morgan fingerprint density at radius 1 is 1.53 bits per heavy atom. The molecule has 15 heavy (non-hydrogen) atoms. The van der Waals surface area contributed by atoms with Gasteiger partial charge in [-0.25, -0.2) is 0 Å². The first-order valence-corrected chi connectivity index (χ1v) is 5.48. The van der Waals surface area contributed by atoms with E-state index < -0.39 is 0 Å². The molecule has 0 radical (unpaired) electrons. The highest BCUT2D eigenvalue weighted by Gasteiger charge is 2.11. The Hall–Kier alpha value is -0.580. The molecule has 0 fully saturated rings. The molecule has 1 rings (SSSR count). The summed E-state index contributed by atoms with van der Waals surface area (Å²) in [5.74, 6) is 0. The average Bonchev–Trinajstić information content (AvgIpc) is 2.50. The summed E-state index contributed by atoms with van der Waals surface area (Å²) in [6, 6.07) is 0. The smallest absolute Gasteiger partial charge is 0.0863 e. The number of aryl methyl sites for hydroxylation is 2. The van der Waals surface area contributed by atoms with Crippen LogP contribution in [-0.4, -0.2) is 30.0 Å². The van der Waals surface area contributed by atoms with E-state index in [1.165, 1.54) is 0 Å². The van der Waals surface area contributed by atoms with Crippen LogP contribution >= 0.6 is 11.6 Å². The quantitative estimate of drug-likeness (QED) is 0.752. The third kappa shape index (κ3) is 3.19. The van der Waals surface area contributed by atoms with Gasteiger partial charge in [-0.05, 0) is 6.42 Å². The maximum atomic E-state index is 6.19. The minimum Gasteiger partial charge on any atom is -0.383 e. The lowest BCUT2D eigenvalue weighted by Gasteiger charge is -2.04. The predicted octanol–water partition coefficient (Wildman–Crippen LogP) is 1.37. The van der Waals surface area contributed by atoms with Crippen LogP contribution in [0.3, 0.4) is 0 Å². The fraction of sp³-hybridized carbons (Fsp3) is 0.700. The second kappa shape index (κ2) is 6.10. The highest BCUT2D eigenvalue weighted by atomic mass is 35.5. The van der Waals surface area contributed by atoms with Gasteiger partial charge >= 0.3 is 0 Å². The Bertz CT molecular complexity index is 312. The second-order valence-electron chi connectivity index (χ2n) is 3.35. The third-order valence-corrected chi connectivity index (χ3v) is 2.71. The lowest BCUT2D eigenvalue weighted by Crippen LogP contribution is -2.20. The average molecular weight is 232 g/mol. The van der Waals surface area contributed by atoms with Crippen molar-refractivity contribution >= 4 is 11.6 Å². The molecule has 86 valence electrons. The lowest BCUT2D eigenvalue weighted by atomic mass is 10.3. The van der Waals surface area contributed by atoms with Crippen molar-refractivity contribution in [3.8, 4) is 0 Å². The van der Waals surface area contributed by atoms with Crippen molar-refractivity contribution in [1.29, 1.82) is 0 Å². The molecule has 1 N–H and O–H groups in total. The maximum absolute atomic E-state index is 6.19. The number of halogens is 1. The van der Waals surface area contributed by atoms with E-state index in [4.69, 9.17) is 16.3 Å². The summed E-state index contributed by atoms with van der Waals surface area (Å²) in [6.07, 6.45) is 0.866. The van der Waals surface area contributed by atoms with Crippen LogP contribution in [0.25, 0.3) is 0 Å². The molecule has 1 heterocycles. The summed E-state index contributed by atoms with van der Waals surface area (Å²) in [7, 11) is 3.60. The zero-order chi connectivity index (χ0) is 11.3. The number of methoxy groups -OCH3 is 1. The highest BCUT2D eigenvalue weighted by molar-refractivity contribution is 6.31. The topological polar surface area (TPSA) is 39.1 Å². The molecule has 0 amide bonds. The molecule has 0 saturated heterocycles. The number of nitrogens with one attached hydrogen (secondary N) is 1. The summed E-state index contributed by atoms with van der Waals surface area (Å²) >= 11 is 6.19. The normalized spacial score (nSPS) is 10.9. The van der Waals surface area contributed by atoms with Crippen LogP contribution in [0, 0.1) is 0 Å². The first-order valence-electron chi connectivity index (χ1n) is 5.10. The van der Waals surface area contributed by atoms with Crippen molar-refractivity contribution in [2.24, 2.45) is 7.05 Å². The Morgan fingerprint density at radius 2 is 2.27 bits per heavy atom. The molecule has 1 aromatic rings. The predicted molar refractivity (Wildman–Crippen MR) is 61.2 cm³/mol. The summed E-state index contributed by atoms with van der Waals surface area (Å²) in [6.45, 7) is 4.30. The van der Waals surface area contributed by atoms with Gasteiger partial charge in [0.1, 0.15) is 0 Å². The van der Waals surface area contributed by atoms with E-state index in [1.54, 1.807) is 7.11 Å². The number of hydrogen-bond acceptors (Lipinski definition) is 3. The zero-order valence-corrected chi connectivity index (χ0v) is 10.3. The molecule has 0 aliphatic carbocycles. The van der Waals surface area contributed by atoms with Gasteiger partial charge in [0, 0.05) is 27.2 Å². The lowest BCUT2D eigenvalue weighted by molar-refractivity contribution is 0.199. The van der Waals surface area contributed by atoms with Gasteiger partial charge in [-0.15, -0.1) is 0 Å². The van der Waals surface area contributed by atoms with Crippen molar-refractivity contribution in [2.45, 2.75) is 19.9 Å². The first kappa shape index (κ1) is 12.5. The molecule has 0 spiro atoms. The fourth-order valence-electron chi connectivity index (χ4n) is 1.39. The van der Waals surface area contributed by atoms with Gasteiger partial charge in [0.25, 0.3) is 0 Å². The molecule has 0 aliphatic heterocycles. The van der Waals surface area contributed by atoms with Crippen molar-refractivity contribution < 1.29 is 4.74 Å². The van der Waals surface area contributed by atoms with E-state index in [-0.39, 0.29) is 0 Å². The molecule has 1 aromatic heterocycles. The van der Waals surface area contributed by atoms with Crippen molar-refractivity contribution in [2.75, 3.05) is 20.3 Å². The van der Waals surface area contributed by atoms with E-state index in [0.717, 1.165) is 35.9 Å². The number of aromatic nitrogens is 2. The Kier molecular flexibility index (Phi) is 5.08. The number of hydrogen-bond donors (Lipinski definition) is 1. The van der Waals surface area contributed by atoms with E-state index in [9.17, 15) is 0 Å². The van der Waals surface area contributed by atoms with Gasteiger partial charge in [0.2, 0.25) is 0 Å². The SMILES string of the molecule is CCc1nn(C)c(CNCCOC)c1Cl. The Balaban J connectivity index is 2.56. The molecule has 0 saturated carbocycles.